The Balaban J connectivity index is 1.56. The number of rotatable bonds is 7. The Morgan fingerprint density at radius 2 is 1.89 bits per heavy atom. The summed E-state index contributed by atoms with van der Waals surface area (Å²) >= 11 is 0. The van der Waals surface area contributed by atoms with Crippen molar-refractivity contribution in [2.24, 2.45) is 0 Å². The summed E-state index contributed by atoms with van der Waals surface area (Å²) in [5.41, 5.74) is 2.86. The molecule has 0 aliphatic carbocycles. The number of aromatic nitrogens is 3. The van der Waals surface area contributed by atoms with Crippen LogP contribution in [0, 0.1) is 10.1 Å². The number of nitrogens with zero attached hydrogens (tertiary/aromatic N) is 5. The van der Waals surface area contributed by atoms with E-state index in [2.05, 4.69) is 32.4 Å². The van der Waals surface area contributed by atoms with Crippen LogP contribution in [0.3, 0.4) is 0 Å². The summed E-state index contributed by atoms with van der Waals surface area (Å²) in [6, 6.07) is 17.6. The molecule has 3 rings (SSSR count). The van der Waals surface area contributed by atoms with Gasteiger partial charge >= 0.3 is 5.95 Å². The predicted octanol–water partition coefficient (Wildman–Crippen LogP) is 2.46. The fourth-order valence-electron chi connectivity index (χ4n) is 2.54. The summed E-state index contributed by atoms with van der Waals surface area (Å²) in [5, 5.41) is 16.9. The number of nitro groups is 1. The lowest BCUT2D eigenvalue weighted by Gasteiger charge is -2.19. The van der Waals surface area contributed by atoms with Gasteiger partial charge in [0.25, 0.3) is 0 Å². The van der Waals surface area contributed by atoms with Crippen LogP contribution in [-0.4, -0.2) is 32.6 Å². The maximum Gasteiger partial charge on any atom is 0.490 e. The number of benzene rings is 2. The Morgan fingerprint density at radius 3 is 2.52 bits per heavy atom. The fourth-order valence-corrected chi connectivity index (χ4v) is 2.54. The standard InChI is InChI=1S/C18H18N6O3/c1-22(11-14-5-3-2-4-6-14)16-9-7-15(8-10-16)20-17(25)12-23-13-19-18(21-23)24(26)27/h2-10,13H,11-12H2,1H3,(H,20,25). The highest BCUT2D eigenvalue weighted by Gasteiger charge is 2.15. The van der Waals surface area contributed by atoms with Crippen molar-refractivity contribution in [2.75, 3.05) is 17.3 Å². The Kier molecular flexibility index (Phi) is 5.41. The molecule has 9 nitrogen and oxygen atoms in total. The molecule has 0 aliphatic rings. The quantitative estimate of drug-likeness (QED) is 0.508. The molecular formula is C18H18N6O3. The first kappa shape index (κ1) is 18.1. The summed E-state index contributed by atoms with van der Waals surface area (Å²) in [6.45, 7) is 0.619. The molecule has 0 spiro atoms. The molecule has 0 aliphatic heterocycles. The van der Waals surface area contributed by atoms with Gasteiger partial charge in [-0.05, 0) is 34.8 Å². The minimum absolute atomic E-state index is 0.156. The third-order valence-corrected chi connectivity index (χ3v) is 3.85. The molecule has 1 N–H and O–H groups in total. The molecular weight excluding hydrogens is 348 g/mol. The monoisotopic (exact) mass is 366 g/mol. The van der Waals surface area contributed by atoms with Crippen LogP contribution in [-0.2, 0) is 17.9 Å². The Bertz CT molecular complexity index is 924. The Morgan fingerprint density at radius 1 is 1.19 bits per heavy atom. The van der Waals surface area contributed by atoms with Gasteiger partial charge in [0.15, 0.2) is 0 Å². The van der Waals surface area contributed by atoms with Gasteiger partial charge < -0.3 is 20.3 Å². The highest BCUT2D eigenvalue weighted by molar-refractivity contribution is 5.90. The van der Waals surface area contributed by atoms with Gasteiger partial charge in [-0.25, -0.2) is 0 Å². The zero-order valence-corrected chi connectivity index (χ0v) is 14.6. The van der Waals surface area contributed by atoms with Crippen LogP contribution >= 0.6 is 0 Å². The van der Waals surface area contributed by atoms with Gasteiger partial charge in [-0.3, -0.25) is 4.79 Å². The smallest absolute Gasteiger partial charge is 0.390 e. The van der Waals surface area contributed by atoms with Crippen molar-refractivity contribution < 1.29 is 9.72 Å². The van der Waals surface area contributed by atoms with E-state index in [-0.39, 0.29) is 12.5 Å². The van der Waals surface area contributed by atoms with Crippen molar-refractivity contribution in [3.63, 3.8) is 0 Å². The average Bonchev–Trinajstić information content (AvgIpc) is 3.12. The molecule has 0 bridgehead atoms. The van der Waals surface area contributed by atoms with Gasteiger partial charge in [0.05, 0.1) is 0 Å². The highest BCUT2D eigenvalue weighted by atomic mass is 16.6. The van der Waals surface area contributed by atoms with E-state index in [0.29, 0.717) is 5.69 Å². The Labute approximate surface area is 155 Å². The molecule has 1 aromatic heterocycles. The molecule has 0 saturated heterocycles. The van der Waals surface area contributed by atoms with E-state index in [1.807, 2.05) is 37.4 Å². The van der Waals surface area contributed by atoms with Crippen LogP contribution in [0.4, 0.5) is 17.3 Å². The van der Waals surface area contributed by atoms with Gasteiger partial charge in [-0.2, -0.15) is 4.68 Å². The van der Waals surface area contributed by atoms with E-state index >= 15 is 0 Å². The summed E-state index contributed by atoms with van der Waals surface area (Å²) in [4.78, 5) is 27.5. The van der Waals surface area contributed by atoms with Crippen molar-refractivity contribution in [3.05, 3.63) is 76.6 Å². The number of amides is 1. The molecule has 0 radical (unpaired) electrons. The van der Waals surface area contributed by atoms with Crippen molar-refractivity contribution >= 4 is 23.2 Å². The number of carbonyl (C=O) groups is 1. The van der Waals surface area contributed by atoms with Crippen molar-refractivity contribution in [1.82, 2.24) is 14.8 Å². The topological polar surface area (TPSA) is 106 Å². The zero-order chi connectivity index (χ0) is 19.2. The Hall–Kier alpha value is -3.75. The third kappa shape index (κ3) is 4.88. The molecule has 0 unspecified atom stereocenters. The van der Waals surface area contributed by atoms with Crippen LogP contribution in [0.1, 0.15) is 5.56 Å². The second-order valence-corrected chi connectivity index (χ2v) is 5.94. The van der Waals surface area contributed by atoms with E-state index in [9.17, 15) is 14.9 Å². The zero-order valence-electron chi connectivity index (χ0n) is 14.6. The van der Waals surface area contributed by atoms with E-state index in [0.717, 1.165) is 23.2 Å². The van der Waals surface area contributed by atoms with Gasteiger partial charge in [0.1, 0.15) is 6.54 Å². The first-order valence-electron chi connectivity index (χ1n) is 8.20. The highest BCUT2D eigenvalue weighted by Crippen LogP contribution is 2.18. The SMILES string of the molecule is CN(Cc1ccccc1)c1ccc(NC(=O)Cn2cnc([N+](=O)[O-])n2)cc1. The summed E-state index contributed by atoms with van der Waals surface area (Å²) in [6.07, 6.45) is 1.15. The maximum absolute atomic E-state index is 12.0. The first-order chi connectivity index (χ1) is 13.0. The lowest BCUT2D eigenvalue weighted by atomic mass is 10.2. The minimum Gasteiger partial charge on any atom is -0.390 e. The molecule has 27 heavy (non-hydrogen) atoms. The van der Waals surface area contributed by atoms with E-state index in [4.69, 9.17) is 0 Å². The second-order valence-electron chi connectivity index (χ2n) is 5.94. The van der Waals surface area contributed by atoms with Crippen molar-refractivity contribution in [1.29, 1.82) is 0 Å². The van der Waals surface area contributed by atoms with Crippen molar-refractivity contribution in [3.8, 4) is 0 Å². The summed E-state index contributed by atoms with van der Waals surface area (Å²) in [7, 11) is 2.00. The van der Waals surface area contributed by atoms with Crippen LogP contribution in [0.2, 0.25) is 0 Å². The number of nitrogens with one attached hydrogen (secondary N) is 1. The van der Waals surface area contributed by atoms with E-state index < -0.39 is 10.9 Å². The van der Waals surface area contributed by atoms with Gasteiger partial charge in [-0.15, -0.1) is 0 Å². The summed E-state index contributed by atoms with van der Waals surface area (Å²) < 4.78 is 1.12. The van der Waals surface area contributed by atoms with E-state index in [1.54, 1.807) is 12.1 Å². The predicted molar refractivity (Wildman–Crippen MR) is 100 cm³/mol. The number of carbonyl (C=O) groups excluding carboxylic acids is 1. The lowest BCUT2D eigenvalue weighted by Crippen LogP contribution is -2.19. The lowest BCUT2D eigenvalue weighted by molar-refractivity contribution is -0.394. The molecule has 0 saturated carbocycles. The van der Waals surface area contributed by atoms with Crippen LogP contribution in [0.15, 0.2) is 60.9 Å². The largest absolute Gasteiger partial charge is 0.490 e. The van der Waals surface area contributed by atoms with Crippen LogP contribution in [0.25, 0.3) is 0 Å². The molecule has 0 atom stereocenters. The average molecular weight is 366 g/mol. The van der Waals surface area contributed by atoms with Gasteiger partial charge in [0.2, 0.25) is 12.2 Å². The van der Waals surface area contributed by atoms with E-state index in [1.165, 1.54) is 5.56 Å². The number of hydrogen-bond acceptors (Lipinski definition) is 6. The summed E-state index contributed by atoms with van der Waals surface area (Å²) in [5.74, 6) is -0.881. The van der Waals surface area contributed by atoms with Crippen molar-refractivity contribution in [2.45, 2.75) is 13.1 Å². The molecule has 0 fully saturated rings. The van der Waals surface area contributed by atoms with Gasteiger partial charge in [-0.1, -0.05) is 35.3 Å². The fraction of sp³-hybridized carbons (Fsp3) is 0.167. The molecule has 1 heterocycles. The molecule has 1 amide bonds. The molecule has 9 heteroatoms. The second kappa shape index (κ2) is 8.09. The first-order valence-corrected chi connectivity index (χ1v) is 8.20. The minimum atomic E-state index is -0.709. The normalized spacial score (nSPS) is 10.4. The van der Waals surface area contributed by atoms with Crippen LogP contribution in [0.5, 0.6) is 0 Å². The molecule has 3 aromatic rings. The molecule has 138 valence electrons. The maximum atomic E-state index is 12.0. The van der Waals surface area contributed by atoms with Crippen LogP contribution < -0.4 is 10.2 Å². The number of anilines is 2. The van der Waals surface area contributed by atoms with Gasteiger partial charge in [0, 0.05) is 30.1 Å². The third-order valence-electron chi connectivity index (χ3n) is 3.85. The molecule has 2 aromatic carbocycles. The number of hydrogen-bond donors (Lipinski definition) is 1.